The molecule has 0 aromatic rings. The van der Waals surface area contributed by atoms with Gasteiger partial charge in [0.05, 0.1) is 0 Å². The summed E-state index contributed by atoms with van der Waals surface area (Å²) >= 11 is 0. The fourth-order valence-electron chi connectivity index (χ4n) is 0.231. The minimum absolute atomic E-state index is 0.486. The van der Waals surface area contributed by atoms with Gasteiger partial charge in [-0.25, -0.2) is 4.79 Å². The highest BCUT2D eigenvalue weighted by Crippen LogP contribution is 1.81. The molecule has 0 amide bonds. The van der Waals surface area contributed by atoms with Crippen LogP contribution in [0.15, 0.2) is 12.7 Å². The molecule has 0 saturated heterocycles. The van der Waals surface area contributed by atoms with Gasteiger partial charge in [0.15, 0.2) is 0 Å². The number of carbonyl (C=O) groups excluding carboxylic acids is 1. The normalized spacial score (nSPS) is 12.0. The molecule has 0 heterocycles. The molecule has 7 nitrogen and oxygen atoms in total. The minimum atomic E-state index is -5.17. The second-order valence-corrected chi connectivity index (χ2v) is 2.57. The summed E-state index contributed by atoms with van der Waals surface area (Å²) in [6, 6.07) is 0. The maximum absolute atomic E-state index is 10.2. The van der Waals surface area contributed by atoms with Crippen LogP contribution in [0.3, 0.4) is 0 Å². The van der Waals surface area contributed by atoms with Gasteiger partial charge in [-0.2, -0.15) is 0 Å². The lowest BCUT2D eigenvalue weighted by atomic mass is 10.6. The van der Waals surface area contributed by atoms with E-state index in [2.05, 4.69) is 11.3 Å². The summed E-state index contributed by atoms with van der Waals surface area (Å²) in [7, 11) is -5.17. The first-order valence-electron chi connectivity index (χ1n) is 2.92. The lowest BCUT2D eigenvalue weighted by Crippen LogP contribution is -2.21. The summed E-state index contributed by atoms with van der Waals surface area (Å²) in [5, 5.41) is 0. The molecule has 78 valence electrons. The molecule has 1 atom stereocenters. The van der Waals surface area contributed by atoms with E-state index >= 15 is 0 Å². The molecule has 0 spiro atoms. The highest BCUT2D eigenvalue weighted by atomic mass is 32.3. The van der Waals surface area contributed by atoms with Crippen LogP contribution in [0.2, 0.25) is 0 Å². The summed E-state index contributed by atoms with van der Waals surface area (Å²) in [4.78, 5) is 10.2. The SMILES string of the molecule is C=CC(=O)OC(C)N.O=S(=O)([O-])[O-]. The van der Waals surface area contributed by atoms with E-state index in [1.165, 1.54) is 0 Å². The van der Waals surface area contributed by atoms with Gasteiger partial charge in [-0.05, 0) is 6.92 Å². The molecule has 0 aliphatic rings. The van der Waals surface area contributed by atoms with Crippen LogP contribution in [0.4, 0.5) is 0 Å². The van der Waals surface area contributed by atoms with Crippen molar-refractivity contribution >= 4 is 16.4 Å². The van der Waals surface area contributed by atoms with Crippen molar-refractivity contribution in [3.8, 4) is 0 Å². The molecule has 0 saturated carbocycles. The van der Waals surface area contributed by atoms with E-state index in [0.717, 1.165) is 6.08 Å². The second-order valence-electron chi connectivity index (χ2n) is 1.75. The van der Waals surface area contributed by atoms with Crippen molar-refractivity contribution in [2.75, 3.05) is 0 Å². The highest BCUT2D eigenvalue weighted by molar-refractivity contribution is 7.79. The first-order valence-corrected chi connectivity index (χ1v) is 4.25. The van der Waals surface area contributed by atoms with Gasteiger partial charge in [0.2, 0.25) is 0 Å². The zero-order valence-electron chi connectivity index (χ0n) is 6.80. The Morgan fingerprint density at radius 1 is 1.62 bits per heavy atom. The molecule has 1 unspecified atom stereocenters. The Hall–Kier alpha value is -0.960. The van der Waals surface area contributed by atoms with Crippen molar-refractivity contribution < 1.29 is 27.1 Å². The molecule has 0 bridgehead atoms. The topological polar surface area (TPSA) is 133 Å². The Bertz CT molecular complexity index is 248. The van der Waals surface area contributed by atoms with Gasteiger partial charge >= 0.3 is 5.97 Å². The highest BCUT2D eigenvalue weighted by Gasteiger charge is 1.96. The third kappa shape index (κ3) is 35.5. The molecule has 8 heteroatoms. The van der Waals surface area contributed by atoms with Crippen LogP contribution < -0.4 is 5.73 Å². The number of nitrogens with two attached hydrogens (primary N) is 1. The molecule has 2 N–H and O–H groups in total. The zero-order chi connectivity index (χ0) is 11.1. The van der Waals surface area contributed by atoms with Crippen molar-refractivity contribution in [1.29, 1.82) is 0 Å². The summed E-state index contributed by atoms with van der Waals surface area (Å²) in [6.07, 6.45) is 0.532. The van der Waals surface area contributed by atoms with E-state index in [0.29, 0.717) is 0 Å². The Labute approximate surface area is 75.8 Å². The lowest BCUT2D eigenvalue weighted by molar-refractivity contribution is -0.141. The third-order valence-corrected chi connectivity index (χ3v) is 0.469. The predicted octanol–water partition coefficient (Wildman–Crippen LogP) is -1.32. The average molecular weight is 211 g/mol. The molecular formula is C5H9NO6S-2. The Morgan fingerprint density at radius 3 is 2.00 bits per heavy atom. The van der Waals surface area contributed by atoms with Crippen LogP contribution in [0.5, 0.6) is 0 Å². The number of hydrogen-bond acceptors (Lipinski definition) is 7. The quantitative estimate of drug-likeness (QED) is 0.197. The zero-order valence-corrected chi connectivity index (χ0v) is 7.61. The Balaban J connectivity index is 0. The van der Waals surface area contributed by atoms with Gasteiger partial charge in [-0.3, -0.25) is 14.2 Å². The number of ether oxygens (including phenoxy) is 1. The Kier molecular flexibility index (Phi) is 7.33. The Morgan fingerprint density at radius 2 is 1.92 bits per heavy atom. The van der Waals surface area contributed by atoms with Gasteiger partial charge in [0.25, 0.3) is 0 Å². The number of esters is 1. The summed E-state index contributed by atoms with van der Waals surface area (Å²) in [5.74, 6) is -0.486. The van der Waals surface area contributed by atoms with Crippen molar-refractivity contribution in [2.45, 2.75) is 13.2 Å². The molecule has 0 aromatic carbocycles. The van der Waals surface area contributed by atoms with Crippen LogP contribution in [-0.2, 0) is 19.9 Å². The molecule has 0 rings (SSSR count). The van der Waals surface area contributed by atoms with E-state index in [1.54, 1.807) is 6.92 Å². The van der Waals surface area contributed by atoms with Crippen LogP contribution in [0.25, 0.3) is 0 Å². The number of rotatable bonds is 2. The van der Waals surface area contributed by atoms with Crippen molar-refractivity contribution in [3.05, 3.63) is 12.7 Å². The fourth-order valence-corrected chi connectivity index (χ4v) is 0.231. The summed E-state index contributed by atoms with van der Waals surface area (Å²) < 4.78 is 38.5. The van der Waals surface area contributed by atoms with Gasteiger partial charge in [-0.1, -0.05) is 6.58 Å². The second kappa shape index (κ2) is 6.54. The van der Waals surface area contributed by atoms with E-state index in [4.69, 9.17) is 23.3 Å². The van der Waals surface area contributed by atoms with E-state index < -0.39 is 22.6 Å². The smallest absolute Gasteiger partial charge is 0.331 e. The van der Waals surface area contributed by atoms with E-state index in [-0.39, 0.29) is 0 Å². The van der Waals surface area contributed by atoms with Crippen LogP contribution in [-0.4, -0.2) is 29.7 Å². The van der Waals surface area contributed by atoms with Crippen molar-refractivity contribution in [2.24, 2.45) is 5.73 Å². The largest absolute Gasteiger partial charge is 0.759 e. The molecule has 0 aliphatic heterocycles. The first-order chi connectivity index (χ1) is 5.66. The maximum Gasteiger partial charge on any atom is 0.331 e. The van der Waals surface area contributed by atoms with Gasteiger partial charge in [0, 0.05) is 16.5 Å². The van der Waals surface area contributed by atoms with Crippen molar-refractivity contribution in [1.82, 2.24) is 0 Å². The molecule has 0 fully saturated rings. The molecule has 13 heavy (non-hydrogen) atoms. The molecule has 0 aromatic heterocycles. The average Bonchev–Trinajstić information content (AvgIpc) is 1.82. The fraction of sp³-hybridized carbons (Fsp3) is 0.400. The predicted molar refractivity (Wildman–Crippen MR) is 40.4 cm³/mol. The van der Waals surface area contributed by atoms with Crippen molar-refractivity contribution in [3.63, 3.8) is 0 Å². The van der Waals surface area contributed by atoms with Gasteiger partial charge in [0.1, 0.15) is 6.23 Å². The van der Waals surface area contributed by atoms with Crippen LogP contribution in [0, 0.1) is 0 Å². The van der Waals surface area contributed by atoms with E-state index in [9.17, 15) is 4.79 Å². The molecule has 0 radical (unpaired) electrons. The van der Waals surface area contributed by atoms with Gasteiger partial charge in [-0.15, -0.1) is 0 Å². The standard InChI is InChI=1S/C5H9NO2.H2O4S/c1-3-5(7)8-4(2)6;1-5(2,3)4/h3-4H,1,6H2,2H3;(H2,1,2,3,4)/p-2. The lowest BCUT2D eigenvalue weighted by Gasteiger charge is -2.06. The number of hydrogen-bond donors (Lipinski definition) is 1. The third-order valence-electron chi connectivity index (χ3n) is 0.469. The van der Waals surface area contributed by atoms with E-state index in [1.807, 2.05) is 0 Å². The minimum Gasteiger partial charge on any atom is -0.759 e. The monoisotopic (exact) mass is 211 g/mol. The number of carbonyl (C=O) groups is 1. The van der Waals surface area contributed by atoms with Crippen LogP contribution >= 0.6 is 0 Å². The first kappa shape index (κ1) is 14.6. The van der Waals surface area contributed by atoms with Crippen LogP contribution in [0.1, 0.15) is 6.92 Å². The summed E-state index contributed by atoms with van der Waals surface area (Å²) in [5.41, 5.74) is 5.08. The molecular weight excluding hydrogens is 202 g/mol. The van der Waals surface area contributed by atoms with Gasteiger partial charge < -0.3 is 13.8 Å². The molecule has 0 aliphatic carbocycles. The summed E-state index contributed by atoms with van der Waals surface area (Å²) in [6.45, 7) is 4.75. The maximum atomic E-state index is 10.2.